The van der Waals surface area contributed by atoms with Crippen LogP contribution < -0.4 is 0 Å². The second kappa shape index (κ2) is 8.11. The first-order valence-electron chi connectivity index (χ1n) is 4.10. The average Bonchev–Trinajstić information content (AvgIpc) is 2.46. The molecule has 0 aromatic heterocycles. The van der Waals surface area contributed by atoms with Crippen molar-refractivity contribution in [1.29, 1.82) is 0 Å². The molecule has 0 saturated carbocycles. The molecule has 15 heavy (non-hydrogen) atoms. The molecule has 5 N–H and O–H groups in total. The molecule has 0 bridgehead atoms. The summed E-state index contributed by atoms with van der Waals surface area (Å²) in [5, 5.41) is 44.4. The molecule has 1 rings (SSSR count). The Hall–Kier alpha value is 0.963. The number of hydrogen-bond acceptors (Lipinski definition) is 6. The van der Waals surface area contributed by atoms with Gasteiger partial charge >= 0.3 is 34.5 Å². The average molecular weight is 316 g/mol. The van der Waals surface area contributed by atoms with Gasteiger partial charge in [-0.15, -0.1) is 0 Å². The molecule has 0 amide bonds. The first kappa shape index (κ1) is 16.0. The van der Waals surface area contributed by atoms with Crippen LogP contribution in [0.2, 0.25) is 0 Å². The summed E-state index contributed by atoms with van der Waals surface area (Å²) in [4.78, 5) is 0. The van der Waals surface area contributed by atoms with Gasteiger partial charge in [-0.3, -0.25) is 0 Å². The second-order valence-corrected chi connectivity index (χ2v) is 7.45. The molecule has 1 saturated heterocycles. The van der Waals surface area contributed by atoms with E-state index in [0.29, 0.717) is 0 Å². The Balaban J connectivity index is 0.000000583. The van der Waals surface area contributed by atoms with Crippen molar-refractivity contribution < 1.29 is 45.4 Å². The zero-order chi connectivity index (χ0) is 12.0. The third kappa shape index (κ3) is 4.77. The molecule has 0 aliphatic carbocycles. The van der Waals surface area contributed by atoms with E-state index in [1.807, 2.05) is 0 Å². The number of halogens is 2. The summed E-state index contributed by atoms with van der Waals surface area (Å²) < 4.78 is 4.58. The van der Waals surface area contributed by atoms with E-state index in [-0.39, 0.29) is 0 Å². The standard InChI is InChI=1S/C6H12O6.2ClH.Zn/c7-1-2(8)5-3(9)4(10)6(11)12-5;;;/h2-11H,1H2;2*1H;/q;;;+2/p-2/t2-,3-,4-,5-,6?;;;/m1.../s1. The van der Waals surface area contributed by atoms with Crippen molar-refractivity contribution in [1.82, 2.24) is 0 Å². The third-order valence-electron chi connectivity index (χ3n) is 1.84. The first-order chi connectivity index (χ1) is 6.99. The van der Waals surface area contributed by atoms with Crippen LogP contribution in [-0.4, -0.2) is 62.8 Å². The van der Waals surface area contributed by atoms with E-state index in [9.17, 15) is 0 Å². The third-order valence-corrected chi connectivity index (χ3v) is 1.84. The van der Waals surface area contributed by atoms with Crippen molar-refractivity contribution in [2.75, 3.05) is 6.61 Å². The van der Waals surface area contributed by atoms with Crippen molar-refractivity contribution in [2.24, 2.45) is 0 Å². The summed E-state index contributed by atoms with van der Waals surface area (Å²) in [6, 6.07) is 0. The fraction of sp³-hybridized carbons (Fsp3) is 1.00. The number of aliphatic hydroxyl groups excluding tert-OH is 5. The zero-order valence-corrected chi connectivity index (χ0v) is 12.2. The number of aliphatic hydroxyl groups is 5. The molecule has 1 aliphatic heterocycles. The molecule has 1 heterocycles. The Morgan fingerprint density at radius 1 is 1.20 bits per heavy atom. The van der Waals surface area contributed by atoms with Gasteiger partial charge in [-0.1, -0.05) is 0 Å². The second-order valence-electron chi connectivity index (χ2n) is 2.82. The molecule has 9 heteroatoms. The van der Waals surface area contributed by atoms with Gasteiger partial charge in [0.15, 0.2) is 6.29 Å². The monoisotopic (exact) mass is 314 g/mol. The summed E-state index contributed by atoms with van der Waals surface area (Å²) in [5.41, 5.74) is 0. The van der Waals surface area contributed by atoms with Gasteiger partial charge in [0.1, 0.15) is 24.4 Å². The number of ether oxygens (including phenoxy) is 1. The van der Waals surface area contributed by atoms with Crippen LogP contribution in [0.25, 0.3) is 0 Å². The SMILES string of the molecule is OC[C@@H](O)[C@H]1OC(O)[C@H](O)[C@H]1O.[Cl][Zn][Cl]. The van der Waals surface area contributed by atoms with Gasteiger partial charge in [0.05, 0.1) is 6.61 Å². The predicted octanol–water partition coefficient (Wildman–Crippen LogP) is -1.84. The Labute approximate surface area is 102 Å². The van der Waals surface area contributed by atoms with Gasteiger partial charge in [0.2, 0.25) is 0 Å². The molecule has 0 radical (unpaired) electrons. The molecular formula is C6H12Cl2O6Zn. The topological polar surface area (TPSA) is 110 Å². The van der Waals surface area contributed by atoms with Crippen molar-refractivity contribution in [3.05, 3.63) is 0 Å². The Kier molecular flexibility index (Phi) is 8.63. The molecule has 1 aliphatic rings. The molecule has 0 aromatic carbocycles. The van der Waals surface area contributed by atoms with E-state index >= 15 is 0 Å². The van der Waals surface area contributed by atoms with Gasteiger partial charge < -0.3 is 30.3 Å². The summed E-state index contributed by atoms with van der Waals surface area (Å²) in [7, 11) is 9.90. The Morgan fingerprint density at radius 2 is 1.67 bits per heavy atom. The van der Waals surface area contributed by atoms with Gasteiger partial charge in [0.25, 0.3) is 0 Å². The van der Waals surface area contributed by atoms with Gasteiger partial charge in [-0.05, 0) is 0 Å². The van der Waals surface area contributed by atoms with E-state index in [1.165, 1.54) is 0 Å². The normalized spacial score (nSPS) is 36.5. The van der Waals surface area contributed by atoms with E-state index in [4.69, 9.17) is 44.9 Å². The Morgan fingerprint density at radius 3 is 1.93 bits per heavy atom. The summed E-state index contributed by atoms with van der Waals surface area (Å²) >= 11 is -0.931. The molecule has 0 aromatic rings. The van der Waals surface area contributed by atoms with Crippen molar-refractivity contribution in [2.45, 2.75) is 30.7 Å². The van der Waals surface area contributed by atoms with Gasteiger partial charge in [-0.2, -0.15) is 0 Å². The molecule has 88 valence electrons. The van der Waals surface area contributed by atoms with Crippen LogP contribution in [0.15, 0.2) is 0 Å². The van der Waals surface area contributed by atoms with E-state index < -0.39 is 52.5 Å². The first-order valence-corrected chi connectivity index (χ1v) is 11.9. The van der Waals surface area contributed by atoms with E-state index in [1.54, 1.807) is 0 Å². The number of rotatable bonds is 2. The molecule has 1 fully saturated rings. The maximum absolute atomic E-state index is 9.12. The summed E-state index contributed by atoms with van der Waals surface area (Å²) in [5.74, 6) is 0. The fourth-order valence-corrected chi connectivity index (χ4v) is 1.11. The van der Waals surface area contributed by atoms with Crippen LogP contribution in [0.1, 0.15) is 0 Å². The summed E-state index contributed by atoms with van der Waals surface area (Å²) in [6.45, 7) is -0.596. The molecule has 0 spiro atoms. The molecule has 6 nitrogen and oxygen atoms in total. The quantitative estimate of drug-likeness (QED) is 0.383. The van der Waals surface area contributed by atoms with E-state index in [2.05, 4.69) is 4.74 Å². The predicted molar refractivity (Wildman–Crippen MR) is 47.7 cm³/mol. The minimum atomic E-state index is -1.51. The Bertz CT molecular complexity index is 176. The van der Waals surface area contributed by atoms with Crippen LogP contribution in [0, 0.1) is 0 Å². The van der Waals surface area contributed by atoms with Crippen molar-refractivity contribution in [3.8, 4) is 0 Å². The van der Waals surface area contributed by atoms with Crippen LogP contribution in [-0.2, 0) is 19.9 Å². The van der Waals surface area contributed by atoms with Crippen LogP contribution >= 0.6 is 19.4 Å². The van der Waals surface area contributed by atoms with Crippen LogP contribution in [0.4, 0.5) is 0 Å². The minimum absolute atomic E-state index is 0.596. The van der Waals surface area contributed by atoms with Crippen LogP contribution in [0.5, 0.6) is 0 Å². The maximum atomic E-state index is 9.12. The molecular weight excluding hydrogens is 304 g/mol. The van der Waals surface area contributed by atoms with Crippen molar-refractivity contribution >= 4 is 19.4 Å². The van der Waals surface area contributed by atoms with Gasteiger partial charge in [0, 0.05) is 0 Å². The van der Waals surface area contributed by atoms with E-state index in [0.717, 1.165) is 0 Å². The molecule has 1 unspecified atom stereocenters. The van der Waals surface area contributed by atoms with Crippen LogP contribution in [0.3, 0.4) is 0 Å². The van der Waals surface area contributed by atoms with Gasteiger partial charge in [-0.25, -0.2) is 0 Å². The fourth-order valence-electron chi connectivity index (χ4n) is 1.11. The van der Waals surface area contributed by atoms with Crippen molar-refractivity contribution in [3.63, 3.8) is 0 Å². The zero-order valence-electron chi connectivity index (χ0n) is 7.70. The summed E-state index contributed by atoms with van der Waals surface area (Å²) in [6.07, 6.45) is -6.75. The number of hydrogen-bond donors (Lipinski definition) is 5. The molecule has 5 atom stereocenters.